The fraction of sp³-hybridized carbons (Fsp3) is 0.588. The third-order valence-electron chi connectivity index (χ3n) is 3.59. The second-order valence-electron chi connectivity index (χ2n) is 5.41. The summed E-state index contributed by atoms with van der Waals surface area (Å²) in [5, 5.41) is 3.06. The summed E-state index contributed by atoms with van der Waals surface area (Å²) in [5.74, 6) is 1.15. The molecule has 0 bridgehead atoms. The van der Waals surface area contributed by atoms with Gasteiger partial charge in [0.25, 0.3) is 5.91 Å². The first-order valence-electron chi connectivity index (χ1n) is 7.75. The highest BCUT2D eigenvalue weighted by Gasteiger charge is 2.16. The largest absolute Gasteiger partial charge is 0.493 e. The molecule has 0 saturated carbocycles. The molecule has 1 unspecified atom stereocenters. The molecule has 124 valence electrons. The number of ether oxygens (including phenoxy) is 2. The Morgan fingerprint density at radius 3 is 2.41 bits per heavy atom. The summed E-state index contributed by atoms with van der Waals surface area (Å²) in [6.07, 6.45) is 5.87. The molecule has 1 amide bonds. The van der Waals surface area contributed by atoms with Gasteiger partial charge < -0.3 is 14.8 Å². The maximum absolute atomic E-state index is 12.4. The van der Waals surface area contributed by atoms with Gasteiger partial charge in [-0.2, -0.15) is 0 Å². The lowest BCUT2D eigenvalue weighted by atomic mass is 10.1. The average Bonchev–Trinajstić information content (AvgIpc) is 2.51. The number of hydrogen-bond donors (Lipinski definition) is 1. The number of benzene rings is 1. The van der Waals surface area contributed by atoms with Crippen LogP contribution in [-0.4, -0.2) is 26.2 Å². The van der Waals surface area contributed by atoms with Crippen molar-refractivity contribution in [2.75, 3.05) is 14.2 Å². The van der Waals surface area contributed by atoms with Crippen molar-refractivity contribution < 1.29 is 14.3 Å². The molecule has 1 atom stereocenters. The normalized spacial score (nSPS) is 11.9. The number of unbranched alkanes of at least 4 members (excludes halogenated alkanes) is 3. The topological polar surface area (TPSA) is 47.6 Å². The maximum Gasteiger partial charge on any atom is 0.252 e. The van der Waals surface area contributed by atoms with E-state index in [1.165, 1.54) is 19.3 Å². The van der Waals surface area contributed by atoms with Crippen LogP contribution in [-0.2, 0) is 0 Å². The van der Waals surface area contributed by atoms with Crippen LogP contribution in [0.3, 0.4) is 0 Å². The Morgan fingerprint density at radius 1 is 1.18 bits per heavy atom. The van der Waals surface area contributed by atoms with Crippen LogP contribution in [0.15, 0.2) is 12.1 Å². The van der Waals surface area contributed by atoms with E-state index in [4.69, 9.17) is 9.47 Å². The molecule has 0 spiro atoms. The van der Waals surface area contributed by atoms with Crippen molar-refractivity contribution in [2.24, 2.45) is 0 Å². The first-order valence-corrected chi connectivity index (χ1v) is 8.83. The highest BCUT2D eigenvalue weighted by atomic mass is 127. The molecule has 0 aliphatic carbocycles. The van der Waals surface area contributed by atoms with Gasteiger partial charge in [-0.05, 0) is 48.1 Å². The van der Waals surface area contributed by atoms with Crippen LogP contribution < -0.4 is 14.8 Å². The predicted octanol–water partition coefficient (Wildman–Crippen LogP) is 4.40. The standard InChI is InChI=1S/C17H26INO3/c1-5-6-7-8-9-12(2)19-17(20)13-10-15(21-3)16(22-4)11-14(13)18/h10-12H,5-9H2,1-4H3,(H,19,20). The molecule has 0 aromatic heterocycles. The number of nitrogens with one attached hydrogen (secondary N) is 1. The van der Waals surface area contributed by atoms with E-state index in [0.29, 0.717) is 17.1 Å². The molecule has 22 heavy (non-hydrogen) atoms. The van der Waals surface area contributed by atoms with E-state index in [1.807, 2.05) is 6.07 Å². The number of methoxy groups -OCH3 is 2. The third kappa shape index (κ3) is 5.66. The van der Waals surface area contributed by atoms with Gasteiger partial charge in [0.2, 0.25) is 0 Å². The Labute approximate surface area is 147 Å². The first-order chi connectivity index (χ1) is 10.5. The Morgan fingerprint density at radius 2 is 1.82 bits per heavy atom. The van der Waals surface area contributed by atoms with Crippen LogP contribution in [0.5, 0.6) is 11.5 Å². The number of rotatable bonds is 9. The van der Waals surface area contributed by atoms with Gasteiger partial charge in [-0.3, -0.25) is 4.79 Å². The van der Waals surface area contributed by atoms with Gasteiger partial charge in [0, 0.05) is 9.61 Å². The van der Waals surface area contributed by atoms with Crippen molar-refractivity contribution in [2.45, 2.75) is 52.0 Å². The Hall–Kier alpha value is -0.980. The second kappa shape index (κ2) is 9.92. The van der Waals surface area contributed by atoms with E-state index in [-0.39, 0.29) is 11.9 Å². The summed E-state index contributed by atoms with van der Waals surface area (Å²) >= 11 is 2.15. The van der Waals surface area contributed by atoms with Gasteiger partial charge in [0.1, 0.15) is 0 Å². The molecule has 4 nitrogen and oxygen atoms in total. The number of hydrogen-bond acceptors (Lipinski definition) is 3. The van der Waals surface area contributed by atoms with Gasteiger partial charge in [0.15, 0.2) is 11.5 Å². The minimum Gasteiger partial charge on any atom is -0.493 e. The van der Waals surface area contributed by atoms with Crippen LogP contribution in [0, 0.1) is 3.57 Å². The molecule has 0 aliphatic rings. The first kappa shape index (κ1) is 19.1. The lowest BCUT2D eigenvalue weighted by Crippen LogP contribution is -2.33. The van der Waals surface area contributed by atoms with Gasteiger partial charge >= 0.3 is 0 Å². The van der Waals surface area contributed by atoms with E-state index >= 15 is 0 Å². The number of carbonyl (C=O) groups excluding carboxylic acids is 1. The van der Waals surface area contributed by atoms with Crippen molar-refractivity contribution >= 4 is 28.5 Å². The number of amides is 1. The van der Waals surface area contributed by atoms with Gasteiger partial charge in [-0.25, -0.2) is 0 Å². The molecule has 5 heteroatoms. The molecule has 1 aromatic rings. The molecule has 0 aliphatic heterocycles. The zero-order valence-corrected chi connectivity index (χ0v) is 16.0. The van der Waals surface area contributed by atoms with E-state index < -0.39 is 0 Å². The van der Waals surface area contributed by atoms with E-state index in [9.17, 15) is 4.79 Å². The summed E-state index contributed by atoms with van der Waals surface area (Å²) in [4.78, 5) is 12.4. The van der Waals surface area contributed by atoms with Crippen molar-refractivity contribution in [3.63, 3.8) is 0 Å². The van der Waals surface area contributed by atoms with E-state index in [0.717, 1.165) is 16.4 Å². The lowest BCUT2D eigenvalue weighted by molar-refractivity contribution is 0.0936. The van der Waals surface area contributed by atoms with E-state index in [2.05, 4.69) is 41.8 Å². The number of halogens is 1. The predicted molar refractivity (Wildman–Crippen MR) is 98.0 cm³/mol. The SMILES string of the molecule is CCCCCCC(C)NC(=O)c1cc(OC)c(OC)cc1I. The summed E-state index contributed by atoms with van der Waals surface area (Å²) < 4.78 is 11.4. The quantitative estimate of drug-likeness (QED) is 0.477. The summed E-state index contributed by atoms with van der Waals surface area (Å²) in [6.45, 7) is 4.25. The Kier molecular flexibility index (Phi) is 8.60. The molecule has 0 fully saturated rings. The van der Waals surface area contributed by atoms with Crippen LogP contribution >= 0.6 is 22.6 Å². The maximum atomic E-state index is 12.4. The lowest BCUT2D eigenvalue weighted by Gasteiger charge is -2.16. The minimum atomic E-state index is -0.0617. The smallest absolute Gasteiger partial charge is 0.252 e. The van der Waals surface area contributed by atoms with Crippen molar-refractivity contribution in [3.05, 3.63) is 21.3 Å². The molecule has 0 saturated heterocycles. The van der Waals surface area contributed by atoms with Crippen LogP contribution in [0.25, 0.3) is 0 Å². The molecule has 1 N–H and O–H groups in total. The molecule has 0 heterocycles. The monoisotopic (exact) mass is 419 g/mol. The third-order valence-corrected chi connectivity index (χ3v) is 4.48. The van der Waals surface area contributed by atoms with Gasteiger partial charge in [0.05, 0.1) is 19.8 Å². The van der Waals surface area contributed by atoms with Crippen LogP contribution in [0.2, 0.25) is 0 Å². The second-order valence-corrected chi connectivity index (χ2v) is 6.57. The highest BCUT2D eigenvalue weighted by molar-refractivity contribution is 14.1. The average molecular weight is 419 g/mol. The molecule has 1 rings (SSSR count). The fourth-order valence-corrected chi connectivity index (χ4v) is 2.96. The molecular weight excluding hydrogens is 393 g/mol. The molecular formula is C17H26INO3. The van der Waals surface area contributed by atoms with Crippen LogP contribution in [0.4, 0.5) is 0 Å². The Balaban J connectivity index is 2.68. The number of carbonyl (C=O) groups is 1. The summed E-state index contributed by atoms with van der Waals surface area (Å²) in [5.41, 5.74) is 0.624. The van der Waals surface area contributed by atoms with Crippen molar-refractivity contribution in [3.8, 4) is 11.5 Å². The fourth-order valence-electron chi connectivity index (χ4n) is 2.28. The molecule has 0 radical (unpaired) electrons. The van der Waals surface area contributed by atoms with Gasteiger partial charge in [-0.1, -0.05) is 32.6 Å². The van der Waals surface area contributed by atoms with Gasteiger partial charge in [-0.15, -0.1) is 0 Å². The van der Waals surface area contributed by atoms with Crippen molar-refractivity contribution in [1.82, 2.24) is 5.32 Å². The Bertz CT molecular complexity index is 491. The summed E-state index contributed by atoms with van der Waals surface area (Å²) in [7, 11) is 3.16. The summed E-state index contributed by atoms with van der Waals surface area (Å²) in [6, 6.07) is 3.73. The highest BCUT2D eigenvalue weighted by Crippen LogP contribution is 2.31. The zero-order valence-electron chi connectivity index (χ0n) is 13.9. The minimum absolute atomic E-state index is 0.0617. The van der Waals surface area contributed by atoms with Crippen LogP contribution in [0.1, 0.15) is 56.3 Å². The molecule has 1 aromatic carbocycles. The van der Waals surface area contributed by atoms with E-state index in [1.54, 1.807) is 20.3 Å². The van der Waals surface area contributed by atoms with Crippen molar-refractivity contribution in [1.29, 1.82) is 0 Å². The zero-order chi connectivity index (χ0) is 16.5.